The number of benzene rings is 1. The molecule has 1 heterocycles. The molecular formula is C10H6FNO3. The molecule has 0 aliphatic carbocycles. The summed E-state index contributed by atoms with van der Waals surface area (Å²) in [5.74, 6) is -1.90. The van der Waals surface area contributed by atoms with Gasteiger partial charge in [0, 0.05) is 10.8 Å². The average molecular weight is 207 g/mol. The third-order valence-corrected chi connectivity index (χ3v) is 2.06. The van der Waals surface area contributed by atoms with E-state index in [-0.39, 0.29) is 16.5 Å². The van der Waals surface area contributed by atoms with Crippen molar-refractivity contribution in [2.24, 2.45) is 0 Å². The molecule has 2 aromatic rings. The Morgan fingerprint density at radius 3 is 2.73 bits per heavy atom. The Morgan fingerprint density at radius 1 is 1.33 bits per heavy atom. The van der Waals surface area contributed by atoms with Crippen molar-refractivity contribution < 1.29 is 14.3 Å². The zero-order valence-corrected chi connectivity index (χ0v) is 7.45. The van der Waals surface area contributed by atoms with E-state index in [0.29, 0.717) is 0 Å². The standard InChI is InChI=1S/C10H6FNO3/c11-7-3-1-2-5-6(7)4-8(10(14)15)12-9(5)13/h1-4H,(H,12,13)(H,14,15). The molecule has 0 unspecified atom stereocenters. The minimum absolute atomic E-state index is 0.0126. The third-order valence-electron chi connectivity index (χ3n) is 2.06. The van der Waals surface area contributed by atoms with E-state index in [1.165, 1.54) is 18.2 Å². The molecule has 2 N–H and O–H groups in total. The number of rotatable bonds is 1. The number of H-pyrrole nitrogens is 1. The molecule has 0 spiro atoms. The number of carboxylic acid groups (broad SMARTS) is 1. The zero-order chi connectivity index (χ0) is 11.0. The van der Waals surface area contributed by atoms with Gasteiger partial charge in [0.15, 0.2) is 0 Å². The molecule has 0 amide bonds. The summed E-state index contributed by atoms with van der Waals surface area (Å²) in [7, 11) is 0. The van der Waals surface area contributed by atoms with Gasteiger partial charge in [-0.15, -0.1) is 0 Å². The van der Waals surface area contributed by atoms with Gasteiger partial charge in [-0.3, -0.25) is 4.79 Å². The maximum absolute atomic E-state index is 13.3. The summed E-state index contributed by atoms with van der Waals surface area (Å²) in [6.45, 7) is 0. The number of nitrogens with one attached hydrogen (secondary N) is 1. The first kappa shape index (κ1) is 9.39. The summed E-state index contributed by atoms with van der Waals surface area (Å²) in [5, 5.41) is 8.82. The van der Waals surface area contributed by atoms with Crippen LogP contribution in [0.1, 0.15) is 10.5 Å². The Kier molecular flexibility index (Phi) is 2.00. The van der Waals surface area contributed by atoms with E-state index < -0.39 is 17.3 Å². The Morgan fingerprint density at radius 2 is 2.07 bits per heavy atom. The fourth-order valence-electron chi connectivity index (χ4n) is 1.37. The van der Waals surface area contributed by atoms with E-state index in [1.54, 1.807) is 0 Å². The van der Waals surface area contributed by atoms with Gasteiger partial charge in [-0.1, -0.05) is 6.07 Å². The molecule has 0 aliphatic heterocycles. The molecule has 5 heteroatoms. The Bertz CT molecular complexity index is 603. The van der Waals surface area contributed by atoms with Gasteiger partial charge in [0.1, 0.15) is 11.5 Å². The monoisotopic (exact) mass is 207 g/mol. The number of aromatic nitrogens is 1. The molecule has 4 nitrogen and oxygen atoms in total. The van der Waals surface area contributed by atoms with Gasteiger partial charge in [-0.2, -0.15) is 0 Å². The Labute approximate surface area is 83.0 Å². The largest absolute Gasteiger partial charge is 0.477 e. The number of hydrogen-bond donors (Lipinski definition) is 2. The van der Waals surface area contributed by atoms with Gasteiger partial charge >= 0.3 is 5.97 Å². The average Bonchev–Trinajstić information content (AvgIpc) is 2.19. The predicted octanol–water partition coefficient (Wildman–Crippen LogP) is 1.37. The van der Waals surface area contributed by atoms with Crippen LogP contribution in [-0.2, 0) is 0 Å². The van der Waals surface area contributed by atoms with Crippen LogP contribution in [0.15, 0.2) is 29.1 Å². The zero-order valence-electron chi connectivity index (χ0n) is 7.45. The van der Waals surface area contributed by atoms with Crippen LogP contribution >= 0.6 is 0 Å². The van der Waals surface area contributed by atoms with Crippen molar-refractivity contribution in [2.45, 2.75) is 0 Å². The lowest BCUT2D eigenvalue weighted by Gasteiger charge is -2.00. The van der Waals surface area contributed by atoms with Crippen LogP contribution in [-0.4, -0.2) is 16.1 Å². The highest BCUT2D eigenvalue weighted by Gasteiger charge is 2.09. The van der Waals surface area contributed by atoms with Crippen LogP contribution in [0.4, 0.5) is 4.39 Å². The van der Waals surface area contributed by atoms with Crippen LogP contribution in [0, 0.1) is 5.82 Å². The van der Waals surface area contributed by atoms with Crippen LogP contribution in [0.25, 0.3) is 10.8 Å². The highest BCUT2D eigenvalue weighted by atomic mass is 19.1. The van der Waals surface area contributed by atoms with Crippen molar-refractivity contribution in [3.05, 3.63) is 46.1 Å². The highest BCUT2D eigenvalue weighted by Crippen LogP contribution is 2.14. The third kappa shape index (κ3) is 1.48. The first-order valence-corrected chi connectivity index (χ1v) is 4.14. The second-order valence-corrected chi connectivity index (χ2v) is 3.02. The van der Waals surface area contributed by atoms with E-state index in [2.05, 4.69) is 4.98 Å². The summed E-state index contributed by atoms with van der Waals surface area (Å²) in [5.41, 5.74) is -0.929. The van der Waals surface area contributed by atoms with E-state index >= 15 is 0 Å². The fourth-order valence-corrected chi connectivity index (χ4v) is 1.37. The molecule has 1 aromatic heterocycles. The summed E-state index contributed by atoms with van der Waals surface area (Å²) in [6.07, 6.45) is 0. The van der Waals surface area contributed by atoms with Crippen molar-refractivity contribution in [2.75, 3.05) is 0 Å². The van der Waals surface area contributed by atoms with E-state index in [4.69, 9.17) is 5.11 Å². The van der Waals surface area contributed by atoms with Gasteiger partial charge in [-0.05, 0) is 18.2 Å². The van der Waals surface area contributed by atoms with Gasteiger partial charge in [0.05, 0.1) is 0 Å². The molecule has 0 bridgehead atoms. The van der Waals surface area contributed by atoms with Gasteiger partial charge in [0.25, 0.3) is 5.56 Å². The molecule has 15 heavy (non-hydrogen) atoms. The number of fused-ring (bicyclic) bond motifs is 1. The first-order chi connectivity index (χ1) is 7.09. The minimum atomic E-state index is -1.29. The molecule has 0 fully saturated rings. The number of aromatic amines is 1. The molecule has 0 radical (unpaired) electrons. The van der Waals surface area contributed by atoms with Gasteiger partial charge in [0.2, 0.25) is 0 Å². The lowest BCUT2D eigenvalue weighted by Crippen LogP contribution is -2.13. The second kappa shape index (κ2) is 3.20. The smallest absolute Gasteiger partial charge is 0.352 e. The molecule has 0 saturated heterocycles. The maximum Gasteiger partial charge on any atom is 0.352 e. The number of hydrogen-bond acceptors (Lipinski definition) is 2. The number of carbonyl (C=O) groups is 1. The van der Waals surface area contributed by atoms with Crippen molar-refractivity contribution >= 4 is 16.7 Å². The molecular weight excluding hydrogens is 201 g/mol. The predicted molar refractivity (Wildman–Crippen MR) is 51.5 cm³/mol. The van der Waals surface area contributed by atoms with E-state index in [1.807, 2.05) is 0 Å². The summed E-state index contributed by atoms with van der Waals surface area (Å²) >= 11 is 0. The molecule has 0 saturated carbocycles. The van der Waals surface area contributed by atoms with Crippen molar-refractivity contribution in [3.63, 3.8) is 0 Å². The SMILES string of the molecule is O=C(O)c1cc2c(F)cccc2c(=O)[nH]1. The lowest BCUT2D eigenvalue weighted by atomic mass is 10.1. The first-order valence-electron chi connectivity index (χ1n) is 4.14. The summed E-state index contributed by atoms with van der Waals surface area (Å²) in [4.78, 5) is 24.1. The van der Waals surface area contributed by atoms with Crippen molar-refractivity contribution in [3.8, 4) is 0 Å². The molecule has 1 aromatic carbocycles. The van der Waals surface area contributed by atoms with Gasteiger partial charge < -0.3 is 10.1 Å². The molecule has 2 rings (SSSR count). The number of halogens is 1. The Hall–Kier alpha value is -2.17. The van der Waals surface area contributed by atoms with E-state index in [0.717, 1.165) is 6.07 Å². The second-order valence-electron chi connectivity index (χ2n) is 3.02. The molecule has 0 atom stereocenters. The van der Waals surface area contributed by atoms with Crippen molar-refractivity contribution in [1.29, 1.82) is 0 Å². The quantitative estimate of drug-likeness (QED) is 0.741. The fraction of sp³-hybridized carbons (Fsp3) is 0. The minimum Gasteiger partial charge on any atom is -0.477 e. The maximum atomic E-state index is 13.3. The molecule has 0 aliphatic rings. The topological polar surface area (TPSA) is 70.2 Å². The summed E-state index contributed by atoms with van der Waals surface area (Å²) in [6, 6.07) is 5.11. The van der Waals surface area contributed by atoms with Crippen LogP contribution in [0.5, 0.6) is 0 Å². The van der Waals surface area contributed by atoms with Gasteiger partial charge in [-0.25, -0.2) is 9.18 Å². The molecule has 76 valence electrons. The summed E-state index contributed by atoms with van der Waals surface area (Å²) < 4.78 is 13.3. The van der Waals surface area contributed by atoms with Crippen LogP contribution < -0.4 is 5.56 Å². The normalized spacial score (nSPS) is 10.5. The highest BCUT2D eigenvalue weighted by molar-refractivity contribution is 5.92. The lowest BCUT2D eigenvalue weighted by molar-refractivity contribution is 0.0690. The number of pyridine rings is 1. The van der Waals surface area contributed by atoms with Crippen LogP contribution in [0.3, 0.4) is 0 Å². The number of carboxylic acids is 1. The Balaban J connectivity index is 2.92. The van der Waals surface area contributed by atoms with E-state index in [9.17, 15) is 14.0 Å². The van der Waals surface area contributed by atoms with Crippen LogP contribution in [0.2, 0.25) is 0 Å². The number of aromatic carboxylic acids is 1. The van der Waals surface area contributed by atoms with Crippen molar-refractivity contribution in [1.82, 2.24) is 4.98 Å².